The first kappa shape index (κ1) is 14.2. The van der Waals surface area contributed by atoms with Crippen molar-refractivity contribution < 1.29 is 5.11 Å². The van der Waals surface area contributed by atoms with Crippen molar-refractivity contribution in [1.82, 2.24) is 0 Å². The van der Waals surface area contributed by atoms with E-state index in [1.54, 1.807) is 6.07 Å². The summed E-state index contributed by atoms with van der Waals surface area (Å²) >= 11 is 0. The first-order valence-corrected chi connectivity index (χ1v) is 6.29. The molecule has 0 aromatic heterocycles. The molecule has 0 amide bonds. The molecule has 0 aliphatic rings. The van der Waals surface area contributed by atoms with Crippen molar-refractivity contribution in [3.05, 3.63) is 78.9 Å². The standard InChI is InChI=1S/C18H14O.H2S/c19-18-13-7-6-12-17(18)16-11-5-4-10-15(16)14-8-2-1-3-9-14;/h1-13,19H;1H2. The Kier molecular flexibility index (Phi) is 4.49. The van der Waals surface area contributed by atoms with Gasteiger partial charge in [0, 0.05) is 5.56 Å². The Bertz CT molecular complexity index is 693. The summed E-state index contributed by atoms with van der Waals surface area (Å²) in [6.07, 6.45) is 0. The van der Waals surface area contributed by atoms with E-state index in [1.807, 2.05) is 54.6 Å². The van der Waals surface area contributed by atoms with Gasteiger partial charge in [0.05, 0.1) is 0 Å². The van der Waals surface area contributed by atoms with E-state index in [9.17, 15) is 5.11 Å². The summed E-state index contributed by atoms with van der Waals surface area (Å²) in [6.45, 7) is 0. The van der Waals surface area contributed by atoms with Crippen molar-refractivity contribution in [1.29, 1.82) is 0 Å². The lowest BCUT2D eigenvalue weighted by Gasteiger charge is -2.11. The third kappa shape index (κ3) is 2.70. The highest BCUT2D eigenvalue weighted by Gasteiger charge is 2.09. The SMILES string of the molecule is Oc1ccccc1-c1ccccc1-c1ccccc1.S. The van der Waals surface area contributed by atoms with Crippen molar-refractivity contribution in [2.45, 2.75) is 0 Å². The summed E-state index contributed by atoms with van der Waals surface area (Å²) in [5, 5.41) is 10.0. The zero-order valence-corrected chi connectivity index (χ0v) is 12.0. The van der Waals surface area contributed by atoms with Gasteiger partial charge in [0.25, 0.3) is 0 Å². The van der Waals surface area contributed by atoms with Gasteiger partial charge in [-0.15, -0.1) is 0 Å². The van der Waals surface area contributed by atoms with Gasteiger partial charge < -0.3 is 5.11 Å². The average Bonchev–Trinajstić information content (AvgIpc) is 2.49. The molecule has 0 bridgehead atoms. The van der Waals surface area contributed by atoms with E-state index in [0.717, 1.165) is 22.3 Å². The van der Waals surface area contributed by atoms with Gasteiger partial charge in [-0.25, -0.2) is 0 Å². The molecule has 0 saturated heterocycles. The maximum atomic E-state index is 10.0. The lowest BCUT2D eigenvalue weighted by Crippen LogP contribution is -1.85. The Morgan fingerprint density at radius 1 is 0.500 bits per heavy atom. The van der Waals surface area contributed by atoms with Crippen LogP contribution in [0.4, 0.5) is 0 Å². The van der Waals surface area contributed by atoms with Crippen molar-refractivity contribution in [2.24, 2.45) is 0 Å². The third-order valence-electron chi connectivity index (χ3n) is 3.21. The predicted molar refractivity (Wildman–Crippen MR) is 89.4 cm³/mol. The average molecular weight is 280 g/mol. The Hall–Kier alpha value is -2.19. The van der Waals surface area contributed by atoms with Crippen LogP contribution in [0.25, 0.3) is 22.3 Å². The molecule has 2 heteroatoms. The maximum absolute atomic E-state index is 10.0. The Balaban J connectivity index is 0.00000147. The molecule has 1 nitrogen and oxygen atoms in total. The van der Waals surface area contributed by atoms with Crippen LogP contribution >= 0.6 is 13.5 Å². The number of hydrogen-bond acceptors (Lipinski definition) is 1. The molecule has 3 aromatic rings. The fourth-order valence-electron chi connectivity index (χ4n) is 2.29. The van der Waals surface area contributed by atoms with E-state index < -0.39 is 0 Å². The largest absolute Gasteiger partial charge is 0.507 e. The van der Waals surface area contributed by atoms with Crippen LogP contribution in [0.1, 0.15) is 0 Å². The summed E-state index contributed by atoms with van der Waals surface area (Å²) in [5.41, 5.74) is 4.19. The molecule has 0 spiro atoms. The van der Waals surface area contributed by atoms with E-state index in [0.29, 0.717) is 5.75 Å². The van der Waals surface area contributed by atoms with Gasteiger partial charge in [0.15, 0.2) is 0 Å². The number of rotatable bonds is 2. The topological polar surface area (TPSA) is 20.2 Å². The lowest BCUT2D eigenvalue weighted by molar-refractivity contribution is 0.477. The minimum Gasteiger partial charge on any atom is -0.507 e. The maximum Gasteiger partial charge on any atom is 0.123 e. The molecule has 0 unspecified atom stereocenters. The lowest BCUT2D eigenvalue weighted by atomic mass is 9.94. The number of para-hydroxylation sites is 1. The van der Waals surface area contributed by atoms with Gasteiger partial charge in [-0.1, -0.05) is 72.8 Å². The molecule has 0 heterocycles. The van der Waals surface area contributed by atoms with Crippen LogP contribution in [0.2, 0.25) is 0 Å². The fourth-order valence-corrected chi connectivity index (χ4v) is 2.29. The summed E-state index contributed by atoms with van der Waals surface area (Å²) in [7, 11) is 0. The minimum absolute atomic E-state index is 0. The molecule has 0 saturated carbocycles. The molecule has 100 valence electrons. The van der Waals surface area contributed by atoms with Crippen molar-refractivity contribution >= 4 is 13.5 Å². The molecule has 0 aliphatic heterocycles. The highest BCUT2D eigenvalue weighted by Crippen LogP contribution is 2.36. The van der Waals surface area contributed by atoms with E-state index in [-0.39, 0.29) is 13.5 Å². The van der Waals surface area contributed by atoms with Crippen LogP contribution in [-0.4, -0.2) is 5.11 Å². The van der Waals surface area contributed by atoms with Gasteiger partial charge in [0.1, 0.15) is 5.75 Å². The smallest absolute Gasteiger partial charge is 0.123 e. The molecule has 0 fully saturated rings. The normalized spacial score (nSPS) is 9.80. The number of benzene rings is 3. The first-order chi connectivity index (χ1) is 9.36. The van der Waals surface area contributed by atoms with Gasteiger partial charge in [-0.2, -0.15) is 13.5 Å². The summed E-state index contributed by atoms with van der Waals surface area (Å²) in [6, 6.07) is 25.8. The fraction of sp³-hybridized carbons (Fsp3) is 0. The summed E-state index contributed by atoms with van der Waals surface area (Å²) in [5.74, 6) is 0.311. The number of aromatic hydroxyl groups is 1. The van der Waals surface area contributed by atoms with Crippen LogP contribution in [0, 0.1) is 0 Å². The van der Waals surface area contributed by atoms with E-state index in [2.05, 4.69) is 18.2 Å². The zero-order valence-electron chi connectivity index (χ0n) is 11.0. The molecular weight excluding hydrogens is 264 g/mol. The van der Waals surface area contributed by atoms with E-state index in [1.165, 1.54) is 0 Å². The quantitative estimate of drug-likeness (QED) is 0.712. The minimum atomic E-state index is 0. The Labute approximate surface area is 126 Å². The van der Waals surface area contributed by atoms with Crippen molar-refractivity contribution in [2.75, 3.05) is 0 Å². The van der Waals surface area contributed by atoms with Crippen molar-refractivity contribution in [3.8, 4) is 28.0 Å². The monoisotopic (exact) mass is 280 g/mol. The summed E-state index contributed by atoms with van der Waals surface area (Å²) < 4.78 is 0. The van der Waals surface area contributed by atoms with Crippen LogP contribution in [0.15, 0.2) is 78.9 Å². The van der Waals surface area contributed by atoms with Gasteiger partial charge >= 0.3 is 0 Å². The third-order valence-corrected chi connectivity index (χ3v) is 3.21. The second-order valence-corrected chi connectivity index (χ2v) is 4.43. The molecule has 0 radical (unpaired) electrons. The second kappa shape index (κ2) is 6.31. The molecule has 3 aromatic carbocycles. The van der Waals surface area contributed by atoms with Crippen molar-refractivity contribution in [3.63, 3.8) is 0 Å². The summed E-state index contributed by atoms with van der Waals surface area (Å²) in [4.78, 5) is 0. The molecule has 1 N–H and O–H groups in total. The van der Waals surface area contributed by atoms with Crippen LogP contribution in [-0.2, 0) is 0 Å². The van der Waals surface area contributed by atoms with E-state index >= 15 is 0 Å². The number of hydrogen-bond donors (Lipinski definition) is 1. The molecule has 20 heavy (non-hydrogen) atoms. The van der Waals surface area contributed by atoms with Gasteiger partial charge in [0.2, 0.25) is 0 Å². The zero-order chi connectivity index (χ0) is 13.1. The molecular formula is C18H16OS. The van der Waals surface area contributed by atoms with Crippen LogP contribution in [0.3, 0.4) is 0 Å². The predicted octanol–water partition coefficient (Wildman–Crippen LogP) is 4.84. The van der Waals surface area contributed by atoms with Gasteiger partial charge in [-0.3, -0.25) is 0 Å². The first-order valence-electron chi connectivity index (χ1n) is 6.29. The molecule has 0 atom stereocenters. The highest BCUT2D eigenvalue weighted by atomic mass is 32.1. The number of phenols is 1. The second-order valence-electron chi connectivity index (χ2n) is 4.43. The van der Waals surface area contributed by atoms with Gasteiger partial charge in [-0.05, 0) is 22.8 Å². The Morgan fingerprint density at radius 3 is 1.65 bits per heavy atom. The molecule has 3 rings (SSSR count). The highest BCUT2D eigenvalue weighted by molar-refractivity contribution is 7.59. The number of phenolic OH excluding ortho intramolecular Hbond substituents is 1. The van der Waals surface area contributed by atoms with E-state index in [4.69, 9.17) is 0 Å². The Morgan fingerprint density at radius 2 is 1.00 bits per heavy atom. The van der Waals surface area contributed by atoms with Crippen LogP contribution in [0.5, 0.6) is 5.75 Å². The van der Waals surface area contributed by atoms with Crippen LogP contribution < -0.4 is 0 Å². The molecule has 0 aliphatic carbocycles.